The lowest BCUT2D eigenvalue weighted by molar-refractivity contribution is -0.149. The average molecular weight is 388 g/mol. The van der Waals surface area contributed by atoms with Crippen molar-refractivity contribution in [3.8, 4) is 5.75 Å². The van der Waals surface area contributed by atoms with E-state index < -0.39 is 5.97 Å². The van der Waals surface area contributed by atoms with Gasteiger partial charge in [-0.25, -0.2) is 4.79 Å². The Hall–Kier alpha value is -2.47. The number of aryl methyl sites for hydroxylation is 1. The van der Waals surface area contributed by atoms with Crippen LogP contribution in [0.25, 0.3) is 0 Å². The normalized spacial score (nSPS) is 10.6. The van der Waals surface area contributed by atoms with Crippen molar-refractivity contribution in [3.63, 3.8) is 0 Å². The highest BCUT2D eigenvalue weighted by molar-refractivity contribution is 7.98. The lowest BCUT2D eigenvalue weighted by Crippen LogP contribution is -2.23. The average Bonchev–Trinajstić information content (AvgIpc) is 2.65. The molecule has 0 spiro atoms. The van der Waals surface area contributed by atoms with Crippen LogP contribution in [0.1, 0.15) is 30.9 Å². The molecule has 6 heteroatoms. The van der Waals surface area contributed by atoms with E-state index in [-0.39, 0.29) is 19.1 Å². The van der Waals surface area contributed by atoms with Gasteiger partial charge in [0.2, 0.25) is 0 Å². The van der Waals surface area contributed by atoms with Crippen molar-refractivity contribution in [2.75, 3.05) is 24.8 Å². The highest BCUT2D eigenvalue weighted by atomic mass is 32.2. The maximum atomic E-state index is 12.0. The third-order valence-corrected chi connectivity index (χ3v) is 4.76. The summed E-state index contributed by atoms with van der Waals surface area (Å²) in [5, 5.41) is 2.74. The maximum absolute atomic E-state index is 12.0. The Kier molecular flexibility index (Phi) is 7.73. The van der Waals surface area contributed by atoms with Gasteiger partial charge in [0.15, 0.2) is 13.2 Å². The molecule has 0 radical (unpaired) electrons. The molecule has 2 aromatic rings. The van der Waals surface area contributed by atoms with Crippen LogP contribution in [0.15, 0.2) is 47.4 Å². The molecule has 0 aliphatic carbocycles. The molecule has 0 saturated heterocycles. The van der Waals surface area contributed by atoms with E-state index in [1.165, 1.54) is 17.3 Å². The first-order valence-electron chi connectivity index (χ1n) is 8.72. The van der Waals surface area contributed by atoms with Crippen molar-refractivity contribution in [3.05, 3.63) is 53.6 Å². The van der Waals surface area contributed by atoms with Crippen LogP contribution < -0.4 is 10.1 Å². The summed E-state index contributed by atoms with van der Waals surface area (Å²) in [6.45, 7) is 5.67. The zero-order valence-electron chi connectivity index (χ0n) is 16.1. The first-order chi connectivity index (χ1) is 12.9. The summed E-state index contributed by atoms with van der Waals surface area (Å²) < 4.78 is 10.4. The standard InChI is InChI=1S/C21H25NO4S/c1-14(2)17-10-9-16(11-15(17)3)25-13-21(24)26-12-20(23)22-18-7-5-6-8-19(18)27-4/h5-11,14H,12-13H2,1-4H3,(H,22,23). The fourth-order valence-corrected chi connectivity index (χ4v) is 3.20. The fraction of sp³-hybridized carbons (Fsp3) is 0.333. The minimum absolute atomic E-state index is 0.241. The molecule has 0 bridgehead atoms. The Morgan fingerprint density at radius 1 is 1.11 bits per heavy atom. The van der Waals surface area contributed by atoms with E-state index in [1.54, 1.807) is 6.07 Å². The molecular weight excluding hydrogens is 362 g/mol. The van der Waals surface area contributed by atoms with Crippen LogP contribution in [0.2, 0.25) is 0 Å². The van der Waals surface area contributed by atoms with Crippen LogP contribution in [0.3, 0.4) is 0 Å². The molecule has 0 aliphatic heterocycles. The summed E-state index contributed by atoms with van der Waals surface area (Å²) in [4.78, 5) is 24.7. The molecule has 1 N–H and O–H groups in total. The van der Waals surface area contributed by atoms with E-state index in [2.05, 4.69) is 19.2 Å². The minimum atomic E-state index is -0.589. The van der Waals surface area contributed by atoms with Gasteiger partial charge in [0.1, 0.15) is 5.75 Å². The van der Waals surface area contributed by atoms with E-state index in [4.69, 9.17) is 9.47 Å². The Bertz CT molecular complexity index is 805. The van der Waals surface area contributed by atoms with Crippen LogP contribution in [0.5, 0.6) is 5.75 Å². The first kappa shape index (κ1) is 20.8. The molecule has 0 aliphatic rings. The maximum Gasteiger partial charge on any atom is 0.344 e. The molecule has 2 rings (SSSR count). The number of carbonyl (C=O) groups is 2. The molecule has 5 nitrogen and oxygen atoms in total. The quantitative estimate of drug-likeness (QED) is 0.537. The summed E-state index contributed by atoms with van der Waals surface area (Å²) in [7, 11) is 0. The summed E-state index contributed by atoms with van der Waals surface area (Å²) in [6.07, 6.45) is 1.93. The van der Waals surface area contributed by atoms with E-state index in [0.29, 0.717) is 17.4 Å². The van der Waals surface area contributed by atoms with Gasteiger partial charge in [0, 0.05) is 4.90 Å². The number of hydrogen-bond acceptors (Lipinski definition) is 5. The van der Waals surface area contributed by atoms with Crippen LogP contribution >= 0.6 is 11.8 Å². The fourth-order valence-electron chi connectivity index (χ4n) is 2.65. The lowest BCUT2D eigenvalue weighted by atomic mass is 9.98. The van der Waals surface area contributed by atoms with Gasteiger partial charge in [-0.2, -0.15) is 0 Å². The smallest absolute Gasteiger partial charge is 0.344 e. The zero-order chi connectivity index (χ0) is 19.8. The zero-order valence-corrected chi connectivity index (χ0v) is 16.9. The predicted octanol–water partition coefficient (Wildman–Crippen LogP) is 4.40. The minimum Gasteiger partial charge on any atom is -0.482 e. The van der Waals surface area contributed by atoms with E-state index in [9.17, 15) is 9.59 Å². The molecule has 0 atom stereocenters. The number of amides is 1. The lowest BCUT2D eigenvalue weighted by Gasteiger charge is -2.12. The van der Waals surface area contributed by atoms with Gasteiger partial charge in [0.25, 0.3) is 5.91 Å². The number of rotatable bonds is 8. The number of hydrogen-bond donors (Lipinski definition) is 1. The van der Waals surface area contributed by atoms with Crippen molar-refractivity contribution in [1.82, 2.24) is 0 Å². The first-order valence-corrected chi connectivity index (χ1v) is 9.95. The Balaban J connectivity index is 1.79. The Morgan fingerprint density at radius 3 is 2.52 bits per heavy atom. The van der Waals surface area contributed by atoms with Crippen molar-refractivity contribution in [2.45, 2.75) is 31.6 Å². The van der Waals surface area contributed by atoms with Gasteiger partial charge in [-0.3, -0.25) is 4.79 Å². The number of thioether (sulfide) groups is 1. The van der Waals surface area contributed by atoms with E-state index in [1.807, 2.05) is 49.6 Å². The number of anilines is 1. The number of benzene rings is 2. The van der Waals surface area contributed by atoms with Crippen molar-refractivity contribution in [2.24, 2.45) is 0 Å². The summed E-state index contributed by atoms with van der Waals surface area (Å²) >= 11 is 1.53. The van der Waals surface area contributed by atoms with Crippen molar-refractivity contribution < 1.29 is 19.1 Å². The number of nitrogens with one attached hydrogen (secondary N) is 1. The van der Waals surface area contributed by atoms with Gasteiger partial charge in [-0.15, -0.1) is 11.8 Å². The molecule has 0 aromatic heterocycles. The summed E-state index contributed by atoms with van der Waals surface area (Å²) in [5.74, 6) is 0.0573. The number of ether oxygens (including phenoxy) is 2. The second-order valence-electron chi connectivity index (χ2n) is 6.37. The molecule has 0 saturated carbocycles. The molecule has 27 heavy (non-hydrogen) atoms. The second kappa shape index (κ2) is 10.0. The summed E-state index contributed by atoms with van der Waals surface area (Å²) in [5.41, 5.74) is 3.05. The van der Waals surface area contributed by atoms with Gasteiger partial charge in [-0.1, -0.05) is 32.0 Å². The van der Waals surface area contributed by atoms with Gasteiger partial charge < -0.3 is 14.8 Å². The highest BCUT2D eigenvalue weighted by Gasteiger charge is 2.11. The molecule has 0 unspecified atom stereocenters. The monoisotopic (exact) mass is 387 g/mol. The molecule has 2 aromatic carbocycles. The highest BCUT2D eigenvalue weighted by Crippen LogP contribution is 2.25. The Labute approximate surface area is 164 Å². The van der Waals surface area contributed by atoms with Gasteiger partial charge in [-0.05, 0) is 54.5 Å². The second-order valence-corrected chi connectivity index (χ2v) is 7.22. The molecule has 1 amide bonds. The van der Waals surface area contributed by atoms with Crippen LogP contribution in [-0.4, -0.2) is 31.3 Å². The van der Waals surface area contributed by atoms with Crippen LogP contribution in [0.4, 0.5) is 5.69 Å². The van der Waals surface area contributed by atoms with Crippen LogP contribution in [-0.2, 0) is 14.3 Å². The van der Waals surface area contributed by atoms with Gasteiger partial charge >= 0.3 is 5.97 Å². The molecule has 0 fully saturated rings. The SMILES string of the molecule is CSc1ccccc1NC(=O)COC(=O)COc1ccc(C(C)C)c(C)c1. The molecule has 144 valence electrons. The van der Waals surface area contributed by atoms with E-state index in [0.717, 1.165) is 10.5 Å². The number of para-hydroxylation sites is 1. The van der Waals surface area contributed by atoms with Crippen molar-refractivity contribution >= 4 is 29.3 Å². The number of carbonyl (C=O) groups excluding carboxylic acids is 2. The third kappa shape index (κ3) is 6.32. The summed E-state index contributed by atoms with van der Waals surface area (Å²) in [6, 6.07) is 13.2. The van der Waals surface area contributed by atoms with Crippen LogP contribution in [0, 0.1) is 6.92 Å². The predicted molar refractivity (Wildman–Crippen MR) is 109 cm³/mol. The Morgan fingerprint density at radius 2 is 1.85 bits per heavy atom. The van der Waals surface area contributed by atoms with Crippen molar-refractivity contribution in [1.29, 1.82) is 0 Å². The molecule has 0 heterocycles. The number of esters is 1. The topological polar surface area (TPSA) is 64.6 Å². The van der Waals surface area contributed by atoms with E-state index >= 15 is 0 Å². The third-order valence-electron chi connectivity index (χ3n) is 3.97. The largest absolute Gasteiger partial charge is 0.482 e. The van der Waals surface area contributed by atoms with Gasteiger partial charge in [0.05, 0.1) is 5.69 Å². The molecular formula is C21H25NO4S.